The number of rotatable bonds is 45. The van der Waals surface area contributed by atoms with E-state index in [0.717, 1.165) is 89.7 Å². The molecule has 0 aliphatic carbocycles. The molecule has 0 amide bonds. The number of aromatic nitrogens is 2. The van der Waals surface area contributed by atoms with Crippen molar-refractivity contribution in [1.29, 1.82) is 0 Å². The van der Waals surface area contributed by atoms with Crippen LogP contribution in [0.1, 0.15) is 258 Å². The number of unbranched alkanes of at least 4 members (excludes halogenated alkanes) is 24. The van der Waals surface area contributed by atoms with E-state index in [4.69, 9.17) is 9.47 Å². The molecule has 0 aromatic carbocycles. The van der Waals surface area contributed by atoms with Crippen LogP contribution in [0.3, 0.4) is 0 Å². The van der Waals surface area contributed by atoms with Crippen LogP contribution in [0.4, 0.5) is 0 Å². The van der Waals surface area contributed by atoms with E-state index < -0.39 is 0 Å². The molecule has 0 spiro atoms. The Labute approximate surface area is 366 Å². The maximum absolute atomic E-state index is 13.0. The van der Waals surface area contributed by atoms with Crippen molar-refractivity contribution < 1.29 is 19.1 Å². The van der Waals surface area contributed by atoms with Gasteiger partial charge in [0.05, 0.1) is 25.7 Å². The van der Waals surface area contributed by atoms with Crippen molar-refractivity contribution >= 4 is 11.9 Å². The van der Waals surface area contributed by atoms with Crippen molar-refractivity contribution in [1.82, 2.24) is 14.5 Å². The molecule has 0 N–H and O–H groups in total. The van der Waals surface area contributed by atoms with Gasteiger partial charge in [0.1, 0.15) is 5.82 Å². The van der Waals surface area contributed by atoms with E-state index in [0.29, 0.717) is 25.6 Å². The first kappa shape index (κ1) is 55.1. The number of carbonyl (C=O) groups is 2. The summed E-state index contributed by atoms with van der Waals surface area (Å²) in [7, 11) is 2.09. The molecule has 1 rings (SSSR count). The summed E-state index contributed by atoms with van der Waals surface area (Å²) < 4.78 is 13.7. The summed E-state index contributed by atoms with van der Waals surface area (Å²) in [6.45, 7) is 13.2. The second kappa shape index (κ2) is 41.5. The largest absolute Gasteiger partial charge is 0.466 e. The normalized spacial score (nSPS) is 12.6. The Bertz CT molecular complexity index is 1060. The van der Waals surface area contributed by atoms with E-state index >= 15 is 0 Å². The zero-order valence-electron chi connectivity index (χ0n) is 40.1. The Morgan fingerprint density at radius 1 is 0.542 bits per heavy atom. The lowest BCUT2D eigenvalue weighted by atomic mass is 9.91. The number of hydrogen-bond acceptors (Lipinski definition) is 6. The maximum atomic E-state index is 13.0. The first-order valence-electron chi connectivity index (χ1n) is 26.0. The standard InChI is InChI=1S/C52H99N3O4/c1-6-10-14-17-19-20-22-30-37-48(36-29-16-12-8-3)46-51(56)58-44-34-27-25-33-42-55(47-50-53-40-43-54(50)5)41-32-24-21-26-35-45-59-52(57)49(38-28-13-9-4)39-31-23-18-15-11-7-2/h40,43,48-49H,6-39,41-42,44-47H2,1-5H3. The van der Waals surface area contributed by atoms with Crippen molar-refractivity contribution in [3.8, 4) is 0 Å². The van der Waals surface area contributed by atoms with E-state index in [9.17, 15) is 9.59 Å². The smallest absolute Gasteiger partial charge is 0.308 e. The van der Waals surface area contributed by atoms with E-state index in [1.54, 1.807) is 0 Å². The molecular formula is C52H99N3O4. The van der Waals surface area contributed by atoms with E-state index in [1.807, 2.05) is 12.4 Å². The van der Waals surface area contributed by atoms with Gasteiger partial charge in [0.25, 0.3) is 0 Å². The Balaban J connectivity index is 2.32. The van der Waals surface area contributed by atoms with Gasteiger partial charge in [-0.3, -0.25) is 14.5 Å². The zero-order valence-corrected chi connectivity index (χ0v) is 40.1. The molecule has 1 aromatic rings. The average Bonchev–Trinajstić information content (AvgIpc) is 3.64. The van der Waals surface area contributed by atoms with Gasteiger partial charge in [-0.1, -0.05) is 195 Å². The van der Waals surface area contributed by atoms with Gasteiger partial charge in [-0.2, -0.15) is 0 Å². The molecule has 0 bridgehead atoms. The quantitative estimate of drug-likeness (QED) is 0.0481. The van der Waals surface area contributed by atoms with Gasteiger partial charge in [0.2, 0.25) is 0 Å². The van der Waals surface area contributed by atoms with Crippen molar-refractivity contribution in [2.24, 2.45) is 18.9 Å². The molecule has 7 nitrogen and oxygen atoms in total. The molecule has 0 saturated heterocycles. The minimum Gasteiger partial charge on any atom is -0.466 e. The predicted octanol–water partition coefficient (Wildman–Crippen LogP) is 15.3. The third kappa shape index (κ3) is 33.4. The average molecular weight is 830 g/mol. The number of esters is 2. The third-order valence-electron chi connectivity index (χ3n) is 12.6. The molecule has 59 heavy (non-hydrogen) atoms. The maximum Gasteiger partial charge on any atom is 0.308 e. The number of nitrogens with zero attached hydrogens (tertiary/aromatic N) is 3. The van der Waals surface area contributed by atoms with Gasteiger partial charge in [-0.15, -0.1) is 0 Å². The zero-order chi connectivity index (χ0) is 42.9. The first-order valence-corrected chi connectivity index (χ1v) is 26.0. The molecule has 0 aliphatic heterocycles. The highest BCUT2D eigenvalue weighted by Gasteiger charge is 2.19. The Hall–Kier alpha value is -1.89. The molecule has 0 fully saturated rings. The number of hydrogen-bond donors (Lipinski definition) is 0. The summed E-state index contributed by atoms with van der Waals surface area (Å²) in [5.41, 5.74) is 0. The van der Waals surface area contributed by atoms with Gasteiger partial charge in [0.15, 0.2) is 0 Å². The molecule has 7 heteroatoms. The summed E-state index contributed by atoms with van der Waals surface area (Å²) in [6.07, 6.45) is 45.9. The molecular weight excluding hydrogens is 731 g/mol. The van der Waals surface area contributed by atoms with Gasteiger partial charge in [-0.05, 0) is 70.4 Å². The Morgan fingerprint density at radius 2 is 0.949 bits per heavy atom. The number of carbonyl (C=O) groups excluding carboxylic acids is 2. The Kier molecular flexibility index (Phi) is 38.7. The highest BCUT2D eigenvalue weighted by atomic mass is 16.5. The highest BCUT2D eigenvalue weighted by Crippen LogP contribution is 2.23. The number of imidazole rings is 1. The van der Waals surface area contributed by atoms with Gasteiger partial charge >= 0.3 is 11.9 Å². The summed E-state index contributed by atoms with van der Waals surface area (Å²) >= 11 is 0. The summed E-state index contributed by atoms with van der Waals surface area (Å²) in [6, 6.07) is 0. The van der Waals surface area contributed by atoms with E-state index in [-0.39, 0.29) is 17.9 Å². The molecule has 346 valence electrons. The minimum atomic E-state index is 0.0255. The van der Waals surface area contributed by atoms with Crippen LogP contribution in [0.5, 0.6) is 0 Å². The van der Waals surface area contributed by atoms with Crippen LogP contribution >= 0.6 is 0 Å². The molecule has 0 radical (unpaired) electrons. The van der Waals surface area contributed by atoms with Crippen molar-refractivity contribution in [2.45, 2.75) is 259 Å². The second-order valence-corrected chi connectivity index (χ2v) is 18.2. The lowest BCUT2D eigenvalue weighted by Gasteiger charge is -2.22. The monoisotopic (exact) mass is 830 g/mol. The summed E-state index contributed by atoms with van der Waals surface area (Å²) in [5.74, 6) is 1.79. The van der Waals surface area contributed by atoms with Crippen LogP contribution in [-0.2, 0) is 32.7 Å². The van der Waals surface area contributed by atoms with Crippen LogP contribution in [0.15, 0.2) is 12.4 Å². The predicted molar refractivity (Wildman–Crippen MR) is 252 cm³/mol. The Morgan fingerprint density at radius 3 is 1.46 bits per heavy atom. The van der Waals surface area contributed by atoms with Crippen LogP contribution < -0.4 is 0 Å². The van der Waals surface area contributed by atoms with Crippen molar-refractivity contribution in [2.75, 3.05) is 26.3 Å². The topological polar surface area (TPSA) is 73.7 Å². The number of aryl methyl sites for hydroxylation is 1. The van der Waals surface area contributed by atoms with Crippen molar-refractivity contribution in [3.05, 3.63) is 18.2 Å². The molecule has 1 heterocycles. The SMILES string of the molecule is CCCCCCCCCCC(CCCCCC)CC(=O)OCCCCCCN(CCCCCCCOC(=O)C(CCCCC)CCCCCCCC)Cc1nccn1C. The molecule has 1 aromatic heterocycles. The van der Waals surface area contributed by atoms with Crippen LogP contribution in [0, 0.1) is 11.8 Å². The summed E-state index contributed by atoms with van der Waals surface area (Å²) in [4.78, 5) is 33.0. The van der Waals surface area contributed by atoms with Crippen LogP contribution in [0.2, 0.25) is 0 Å². The third-order valence-corrected chi connectivity index (χ3v) is 12.6. The molecule has 2 unspecified atom stereocenters. The molecule has 0 aliphatic rings. The second-order valence-electron chi connectivity index (χ2n) is 18.2. The van der Waals surface area contributed by atoms with Crippen molar-refractivity contribution in [3.63, 3.8) is 0 Å². The van der Waals surface area contributed by atoms with E-state index in [1.165, 1.54) is 154 Å². The fourth-order valence-corrected chi connectivity index (χ4v) is 8.52. The van der Waals surface area contributed by atoms with E-state index in [2.05, 4.69) is 49.2 Å². The fourth-order valence-electron chi connectivity index (χ4n) is 8.52. The molecule has 2 atom stereocenters. The van der Waals surface area contributed by atoms with Gasteiger partial charge in [-0.25, -0.2) is 4.98 Å². The first-order chi connectivity index (χ1) is 28.9. The number of ether oxygens (including phenoxy) is 2. The lowest BCUT2D eigenvalue weighted by molar-refractivity contribution is -0.149. The lowest BCUT2D eigenvalue weighted by Crippen LogP contribution is -2.27. The van der Waals surface area contributed by atoms with Gasteiger partial charge in [0, 0.05) is 25.9 Å². The van der Waals surface area contributed by atoms with Crippen LogP contribution in [0.25, 0.3) is 0 Å². The van der Waals surface area contributed by atoms with Gasteiger partial charge < -0.3 is 14.0 Å². The van der Waals surface area contributed by atoms with Crippen LogP contribution in [-0.4, -0.2) is 52.7 Å². The minimum absolute atomic E-state index is 0.0255. The summed E-state index contributed by atoms with van der Waals surface area (Å²) in [5, 5.41) is 0. The molecule has 0 saturated carbocycles. The highest BCUT2D eigenvalue weighted by molar-refractivity contribution is 5.72. The fraction of sp³-hybridized carbons (Fsp3) is 0.904.